The normalized spacial score (nSPS) is 11.1. The Hall–Kier alpha value is -1.19. The highest BCUT2D eigenvalue weighted by molar-refractivity contribution is 6.40. The van der Waals surface area contributed by atoms with Crippen LogP contribution in [0.5, 0.6) is 5.75 Å². The number of pyridine rings is 1. The van der Waals surface area contributed by atoms with E-state index in [9.17, 15) is 9.90 Å². The van der Waals surface area contributed by atoms with Crippen molar-refractivity contribution in [2.45, 2.75) is 26.2 Å². The fourth-order valence-electron chi connectivity index (χ4n) is 1.94. The van der Waals surface area contributed by atoms with Crippen molar-refractivity contribution in [3.05, 3.63) is 38.1 Å². The number of fused-ring (bicyclic) bond motifs is 1. The molecule has 3 nitrogen and oxygen atoms in total. The lowest BCUT2D eigenvalue weighted by molar-refractivity contribution is 0.471. The lowest BCUT2D eigenvalue weighted by Crippen LogP contribution is -2.13. The molecule has 0 saturated carbocycles. The first-order valence-electron chi connectivity index (χ1n) is 5.78. The molecule has 96 valence electrons. The van der Waals surface area contributed by atoms with E-state index in [2.05, 4.69) is 4.98 Å². The van der Waals surface area contributed by atoms with E-state index < -0.39 is 0 Å². The number of hydrogen-bond acceptors (Lipinski definition) is 2. The highest BCUT2D eigenvalue weighted by Gasteiger charge is 2.15. The first-order chi connectivity index (χ1) is 8.56. The number of nitrogens with one attached hydrogen (secondary N) is 1. The van der Waals surface area contributed by atoms with Crippen molar-refractivity contribution in [2.24, 2.45) is 0 Å². The highest BCUT2D eigenvalue weighted by Crippen LogP contribution is 2.35. The maximum Gasteiger partial charge on any atom is 0.255 e. The van der Waals surface area contributed by atoms with Gasteiger partial charge < -0.3 is 10.1 Å². The Morgan fingerprint density at radius 2 is 1.94 bits per heavy atom. The fraction of sp³-hybridized carbons (Fsp3) is 0.308. The van der Waals surface area contributed by atoms with E-state index in [0.29, 0.717) is 32.9 Å². The minimum atomic E-state index is -0.308. The van der Waals surface area contributed by atoms with E-state index in [4.69, 9.17) is 23.2 Å². The van der Waals surface area contributed by atoms with Gasteiger partial charge >= 0.3 is 0 Å². The van der Waals surface area contributed by atoms with Crippen molar-refractivity contribution >= 4 is 34.1 Å². The summed E-state index contributed by atoms with van der Waals surface area (Å²) in [4.78, 5) is 14.6. The molecule has 0 atom stereocenters. The third kappa shape index (κ3) is 2.20. The molecule has 5 heteroatoms. The van der Waals surface area contributed by atoms with Crippen LogP contribution in [-0.2, 0) is 6.42 Å². The van der Waals surface area contributed by atoms with Crippen molar-refractivity contribution in [1.29, 1.82) is 0 Å². The maximum absolute atomic E-state index is 11.9. The third-order valence-corrected chi connectivity index (χ3v) is 3.55. The molecule has 1 aromatic heterocycles. The van der Waals surface area contributed by atoms with E-state index in [1.54, 1.807) is 12.1 Å². The Labute approximate surface area is 114 Å². The number of H-pyrrole nitrogens is 1. The predicted octanol–water partition coefficient (Wildman–Crippen LogP) is 3.88. The smallest absolute Gasteiger partial charge is 0.255 e. The van der Waals surface area contributed by atoms with E-state index in [1.165, 1.54) is 0 Å². The minimum absolute atomic E-state index is 0.0605. The van der Waals surface area contributed by atoms with Crippen LogP contribution in [0, 0.1) is 0 Å². The Balaban J connectivity index is 2.76. The molecule has 2 aromatic rings. The molecule has 0 spiro atoms. The Kier molecular flexibility index (Phi) is 3.83. The lowest BCUT2D eigenvalue weighted by Gasteiger charge is -2.09. The second kappa shape index (κ2) is 5.21. The van der Waals surface area contributed by atoms with Crippen LogP contribution in [0.3, 0.4) is 0 Å². The Morgan fingerprint density at radius 3 is 2.61 bits per heavy atom. The monoisotopic (exact) mass is 285 g/mol. The summed E-state index contributed by atoms with van der Waals surface area (Å²) in [7, 11) is 0. The number of hydrogen-bond donors (Lipinski definition) is 2. The number of aromatic hydroxyl groups is 1. The van der Waals surface area contributed by atoms with Crippen molar-refractivity contribution < 1.29 is 5.11 Å². The third-order valence-electron chi connectivity index (χ3n) is 2.92. The summed E-state index contributed by atoms with van der Waals surface area (Å²) in [5.74, 6) is -0.0605. The zero-order chi connectivity index (χ0) is 13.3. The van der Waals surface area contributed by atoms with E-state index in [-0.39, 0.29) is 11.3 Å². The predicted molar refractivity (Wildman–Crippen MR) is 74.9 cm³/mol. The second-order valence-electron chi connectivity index (χ2n) is 4.16. The first-order valence-corrected chi connectivity index (χ1v) is 6.53. The average Bonchev–Trinajstić information content (AvgIpc) is 2.33. The van der Waals surface area contributed by atoms with E-state index >= 15 is 0 Å². The summed E-state index contributed by atoms with van der Waals surface area (Å²) in [5, 5.41) is 11.4. The lowest BCUT2D eigenvalue weighted by atomic mass is 10.1. The molecule has 0 fully saturated rings. The van der Waals surface area contributed by atoms with E-state index in [0.717, 1.165) is 12.8 Å². The SMILES string of the molecule is CCCCc1c(O)c2c(Cl)ccc(Cl)c2[nH]c1=O. The molecular formula is C13H13Cl2NO2. The Morgan fingerprint density at radius 1 is 1.28 bits per heavy atom. The average molecular weight is 286 g/mol. The van der Waals surface area contributed by atoms with Gasteiger partial charge in [0.1, 0.15) is 5.75 Å². The molecule has 1 aromatic carbocycles. The zero-order valence-electron chi connectivity index (χ0n) is 9.89. The first kappa shape index (κ1) is 13.2. The maximum atomic E-state index is 11.9. The summed E-state index contributed by atoms with van der Waals surface area (Å²) in [6.07, 6.45) is 2.30. The number of aromatic nitrogens is 1. The summed E-state index contributed by atoms with van der Waals surface area (Å²) >= 11 is 12.0. The van der Waals surface area contributed by atoms with Gasteiger partial charge in [0.2, 0.25) is 0 Å². The number of benzene rings is 1. The van der Waals surface area contributed by atoms with Gasteiger partial charge in [0.15, 0.2) is 0 Å². The summed E-state index contributed by atoms with van der Waals surface area (Å²) < 4.78 is 0. The van der Waals surface area contributed by atoms with Gasteiger partial charge in [0.05, 0.1) is 26.5 Å². The van der Waals surface area contributed by atoms with Crippen molar-refractivity contribution in [1.82, 2.24) is 4.98 Å². The van der Waals surface area contributed by atoms with Gasteiger partial charge in [0.25, 0.3) is 5.56 Å². The van der Waals surface area contributed by atoms with Gasteiger partial charge in [-0.3, -0.25) is 4.79 Å². The molecule has 0 aliphatic heterocycles. The van der Waals surface area contributed by atoms with E-state index in [1.807, 2.05) is 6.92 Å². The largest absolute Gasteiger partial charge is 0.507 e. The van der Waals surface area contributed by atoms with Crippen LogP contribution in [0.25, 0.3) is 10.9 Å². The molecular weight excluding hydrogens is 273 g/mol. The number of halogens is 2. The summed E-state index contributed by atoms with van der Waals surface area (Å²) in [6.45, 7) is 2.02. The zero-order valence-corrected chi connectivity index (χ0v) is 11.4. The van der Waals surface area contributed by atoms with Crippen LogP contribution in [0.2, 0.25) is 10.0 Å². The van der Waals surface area contributed by atoms with Crippen molar-refractivity contribution in [2.75, 3.05) is 0 Å². The van der Waals surface area contributed by atoms with Crippen molar-refractivity contribution in [3.63, 3.8) is 0 Å². The molecule has 0 radical (unpaired) electrons. The molecule has 2 rings (SSSR count). The topological polar surface area (TPSA) is 53.1 Å². The number of aromatic amines is 1. The molecule has 0 unspecified atom stereocenters. The quantitative estimate of drug-likeness (QED) is 0.899. The van der Waals surface area contributed by atoms with Crippen LogP contribution in [0.1, 0.15) is 25.3 Å². The fourth-order valence-corrected chi connectivity index (χ4v) is 2.39. The van der Waals surface area contributed by atoms with Gasteiger partial charge in [-0.25, -0.2) is 0 Å². The van der Waals surface area contributed by atoms with Crippen LogP contribution in [0.15, 0.2) is 16.9 Å². The molecule has 2 N–H and O–H groups in total. The van der Waals surface area contributed by atoms with Gasteiger partial charge in [-0.2, -0.15) is 0 Å². The molecule has 0 aliphatic carbocycles. The standard InChI is InChI=1S/C13H13Cl2NO2/c1-2-3-4-7-12(17)10-8(14)5-6-9(15)11(10)16-13(7)18/h5-6H,2-4H2,1H3,(H2,16,17,18). The molecule has 0 bridgehead atoms. The van der Waals surface area contributed by atoms with Gasteiger partial charge in [-0.15, -0.1) is 0 Å². The van der Waals surface area contributed by atoms with Crippen molar-refractivity contribution in [3.8, 4) is 5.75 Å². The van der Waals surface area contributed by atoms with Crippen LogP contribution >= 0.6 is 23.2 Å². The number of unbranched alkanes of at least 4 members (excludes halogenated alkanes) is 1. The van der Waals surface area contributed by atoms with Gasteiger partial charge in [-0.05, 0) is 25.0 Å². The number of rotatable bonds is 3. The van der Waals surface area contributed by atoms with Crippen LogP contribution in [0.4, 0.5) is 0 Å². The van der Waals surface area contributed by atoms with Gasteiger partial charge in [0, 0.05) is 0 Å². The van der Waals surface area contributed by atoms with Crippen LogP contribution < -0.4 is 5.56 Å². The minimum Gasteiger partial charge on any atom is -0.507 e. The summed E-state index contributed by atoms with van der Waals surface area (Å²) in [6, 6.07) is 3.20. The Bertz CT molecular complexity index is 649. The molecule has 18 heavy (non-hydrogen) atoms. The molecule has 1 heterocycles. The highest BCUT2D eigenvalue weighted by atomic mass is 35.5. The second-order valence-corrected chi connectivity index (χ2v) is 4.98. The summed E-state index contributed by atoms with van der Waals surface area (Å²) in [5.41, 5.74) is 0.443. The van der Waals surface area contributed by atoms with Gasteiger partial charge in [-0.1, -0.05) is 36.5 Å². The molecule has 0 saturated heterocycles. The molecule has 0 amide bonds. The molecule has 0 aliphatic rings. The van der Waals surface area contributed by atoms with Crippen LogP contribution in [-0.4, -0.2) is 10.1 Å².